The van der Waals surface area contributed by atoms with E-state index in [0.717, 1.165) is 35.1 Å². The van der Waals surface area contributed by atoms with Crippen LogP contribution in [0.25, 0.3) is 11.1 Å². The number of carboxylic acid groups (broad SMARTS) is 1. The molecule has 1 saturated carbocycles. The molecule has 1 unspecified atom stereocenters. The SMILES string of the molecule is CC(OC(=O)Nc1c(-c2ccc(C34CCC(C(=O)O)(CC3)OC4)cc2)cnn1C)c1ccccc1. The number of fused-ring (bicyclic) bond motifs is 3. The van der Waals surface area contributed by atoms with Crippen molar-refractivity contribution in [3.05, 3.63) is 71.9 Å². The normalized spacial score (nSPS) is 24.1. The molecule has 3 fully saturated rings. The van der Waals surface area contributed by atoms with Gasteiger partial charge in [-0.1, -0.05) is 54.6 Å². The van der Waals surface area contributed by atoms with Gasteiger partial charge in [0.25, 0.3) is 0 Å². The molecule has 8 heteroatoms. The van der Waals surface area contributed by atoms with Crippen molar-refractivity contribution in [1.82, 2.24) is 9.78 Å². The molecule has 3 aromatic rings. The lowest BCUT2D eigenvalue weighted by Gasteiger charge is -2.51. The van der Waals surface area contributed by atoms with Gasteiger partial charge in [-0.3, -0.25) is 10.00 Å². The molecule has 3 aliphatic rings. The number of hydrogen-bond donors (Lipinski definition) is 2. The van der Waals surface area contributed by atoms with Gasteiger partial charge in [0.05, 0.1) is 12.8 Å². The van der Waals surface area contributed by atoms with Crippen molar-refractivity contribution >= 4 is 17.9 Å². The van der Waals surface area contributed by atoms with Crippen LogP contribution < -0.4 is 5.32 Å². The molecule has 0 spiro atoms. The first-order chi connectivity index (χ1) is 16.8. The minimum absolute atomic E-state index is 0.150. The van der Waals surface area contributed by atoms with Crippen LogP contribution in [0.3, 0.4) is 0 Å². The zero-order chi connectivity index (χ0) is 24.6. The summed E-state index contributed by atoms with van der Waals surface area (Å²) in [4.78, 5) is 24.3. The lowest BCUT2D eigenvalue weighted by Crippen LogP contribution is -2.57. The van der Waals surface area contributed by atoms with Crippen LogP contribution in [0.1, 0.15) is 49.8 Å². The van der Waals surface area contributed by atoms with E-state index >= 15 is 0 Å². The lowest BCUT2D eigenvalue weighted by atomic mass is 9.63. The molecule has 8 nitrogen and oxygen atoms in total. The molecule has 6 rings (SSSR count). The second-order valence-corrected chi connectivity index (χ2v) is 9.56. The highest BCUT2D eigenvalue weighted by Gasteiger charge is 2.54. The number of hydrogen-bond acceptors (Lipinski definition) is 5. The minimum Gasteiger partial charge on any atom is -0.479 e. The third-order valence-corrected chi connectivity index (χ3v) is 7.55. The summed E-state index contributed by atoms with van der Waals surface area (Å²) in [6.45, 7) is 2.25. The number of carboxylic acids is 1. The number of carbonyl (C=O) groups excluding carboxylic acids is 1. The Morgan fingerprint density at radius 1 is 1.09 bits per heavy atom. The van der Waals surface area contributed by atoms with Gasteiger partial charge in [0.1, 0.15) is 11.9 Å². The quantitative estimate of drug-likeness (QED) is 0.517. The number of amides is 1. The Balaban J connectivity index is 1.30. The number of benzene rings is 2. The molecule has 1 aliphatic carbocycles. The molecule has 2 N–H and O–H groups in total. The number of nitrogens with one attached hydrogen (secondary N) is 1. The molecule has 2 aliphatic heterocycles. The maximum atomic E-state index is 12.6. The fraction of sp³-hybridized carbons (Fsp3) is 0.370. The van der Waals surface area contributed by atoms with Crippen LogP contribution in [0.15, 0.2) is 60.8 Å². The zero-order valence-corrected chi connectivity index (χ0v) is 19.9. The Kier molecular flexibility index (Phi) is 5.84. The second-order valence-electron chi connectivity index (χ2n) is 9.56. The van der Waals surface area contributed by atoms with Crippen LogP contribution in [0.5, 0.6) is 0 Å². The van der Waals surface area contributed by atoms with Crippen molar-refractivity contribution < 1.29 is 24.2 Å². The molecule has 2 aromatic carbocycles. The number of ether oxygens (including phenoxy) is 2. The van der Waals surface area contributed by atoms with E-state index in [1.54, 1.807) is 17.9 Å². The molecule has 3 heterocycles. The number of aryl methyl sites for hydroxylation is 1. The van der Waals surface area contributed by atoms with E-state index in [2.05, 4.69) is 22.5 Å². The fourth-order valence-electron chi connectivity index (χ4n) is 5.22. The monoisotopic (exact) mass is 475 g/mol. The predicted octanol–water partition coefficient (Wildman–Crippen LogP) is 5.06. The van der Waals surface area contributed by atoms with E-state index in [9.17, 15) is 14.7 Å². The summed E-state index contributed by atoms with van der Waals surface area (Å²) in [6, 6.07) is 17.7. The van der Waals surface area contributed by atoms with E-state index in [4.69, 9.17) is 9.47 Å². The third-order valence-electron chi connectivity index (χ3n) is 7.55. The predicted molar refractivity (Wildman–Crippen MR) is 130 cm³/mol. The van der Waals surface area contributed by atoms with Crippen LogP contribution >= 0.6 is 0 Å². The largest absolute Gasteiger partial charge is 0.479 e. The smallest absolute Gasteiger partial charge is 0.413 e. The van der Waals surface area contributed by atoms with Gasteiger partial charge < -0.3 is 14.6 Å². The Bertz CT molecular complexity index is 1210. The number of rotatable bonds is 6. The molecule has 35 heavy (non-hydrogen) atoms. The first-order valence-corrected chi connectivity index (χ1v) is 11.8. The summed E-state index contributed by atoms with van der Waals surface area (Å²) in [5.41, 5.74) is 2.60. The van der Waals surface area contributed by atoms with Gasteiger partial charge in [0.15, 0.2) is 5.60 Å². The van der Waals surface area contributed by atoms with Crippen LogP contribution in [0, 0.1) is 0 Å². The standard InChI is InChI=1S/C27H29N3O5/c1-18(19-6-4-3-5-7-19)35-25(33)29-23-22(16-28-30(23)2)20-8-10-21(11-9-20)26-12-14-27(15-13-26,24(31)32)34-17-26/h3-11,16,18H,12-15,17H2,1-2H3,(H,29,33)(H,31,32). The minimum atomic E-state index is -1.01. The van der Waals surface area contributed by atoms with Crippen LogP contribution in [0.4, 0.5) is 10.6 Å². The van der Waals surface area contributed by atoms with Gasteiger partial charge in [0, 0.05) is 18.0 Å². The van der Waals surface area contributed by atoms with Crippen LogP contribution in [-0.4, -0.2) is 39.2 Å². The number of aliphatic carboxylic acids is 1. The molecule has 1 amide bonds. The second kappa shape index (κ2) is 8.85. The fourth-order valence-corrected chi connectivity index (χ4v) is 5.22. The molecule has 2 bridgehead atoms. The third kappa shape index (κ3) is 4.18. The summed E-state index contributed by atoms with van der Waals surface area (Å²) >= 11 is 0. The van der Waals surface area contributed by atoms with Gasteiger partial charge in [0.2, 0.25) is 0 Å². The van der Waals surface area contributed by atoms with E-state index < -0.39 is 17.7 Å². The number of anilines is 1. The summed E-state index contributed by atoms with van der Waals surface area (Å²) < 4.78 is 13.0. The molecule has 182 valence electrons. The zero-order valence-electron chi connectivity index (χ0n) is 19.9. The van der Waals surface area contributed by atoms with Crippen molar-refractivity contribution in [3.63, 3.8) is 0 Å². The van der Waals surface area contributed by atoms with E-state index in [1.165, 1.54) is 0 Å². The Hall–Kier alpha value is -3.65. The van der Waals surface area contributed by atoms with Crippen molar-refractivity contribution in [3.8, 4) is 11.1 Å². The number of carbonyl (C=O) groups is 2. The Labute approximate surface area is 203 Å². The highest BCUT2D eigenvalue weighted by Crippen LogP contribution is 2.50. The van der Waals surface area contributed by atoms with Crippen molar-refractivity contribution in [2.45, 2.75) is 49.7 Å². The lowest BCUT2D eigenvalue weighted by molar-refractivity contribution is -0.194. The average molecular weight is 476 g/mol. The van der Waals surface area contributed by atoms with Gasteiger partial charge in [-0.2, -0.15) is 5.10 Å². The maximum Gasteiger partial charge on any atom is 0.413 e. The van der Waals surface area contributed by atoms with E-state index in [1.807, 2.05) is 49.4 Å². The first kappa shape index (κ1) is 23.1. The van der Waals surface area contributed by atoms with Gasteiger partial charge in [-0.25, -0.2) is 9.59 Å². The van der Waals surface area contributed by atoms with Gasteiger partial charge >= 0.3 is 12.1 Å². The van der Waals surface area contributed by atoms with Crippen LogP contribution in [-0.2, 0) is 26.7 Å². The van der Waals surface area contributed by atoms with Gasteiger partial charge in [-0.15, -0.1) is 0 Å². The molecule has 2 saturated heterocycles. The highest BCUT2D eigenvalue weighted by atomic mass is 16.6. The maximum absolute atomic E-state index is 12.6. The summed E-state index contributed by atoms with van der Waals surface area (Å²) in [5.74, 6) is -0.305. The Morgan fingerprint density at radius 3 is 2.37 bits per heavy atom. The first-order valence-electron chi connectivity index (χ1n) is 11.8. The summed E-state index contributed by atoms with van der Waals surface area (Å²) in [5, 5.41) is 16.7. The molecular weight excluding hydrogens is 446 g/mol. The number of nitrogens with zero attached hydrogens (tertiary/aromatic N) is 2. The van der Waals surface area contributed by atoms with Crippen molar-refractivity contribution in [2.75, 3.05) is 11.9 Å². The highest BCUT2D eigenvalue weighted by molar-refractivity contribution is 5.90. The topological polar surface area (TPSA) is 103 Å². The van der Waals surface area contributed by atoms with Crippen LogP contribution in [0.2, 0.25) is 0 Å². The Morgan fingerprint density at radius 2 is 1.77 bits per heavy atom. The van der Waals surface area contributed by atoms with E-state index in [0.29, 0.717) is 25.3 Å². The molecule has 0 radical (unpaired) electrons. The average Bonchev–Trinajstić information content (AvgIpc) is 3.25. The van der Waals surface area contributed by atoms with Gasteiger partial charge in [-0.05, 0) is 49.3 Å². The summed E-state index contributed by atoms with van der Waals surface area (Å²) in [7, 11) is 1.77. The number of aromatic nitrogens is 2. The summed E-state index contributed by atoms with van der Waals surface area (Å²) in [6.07, 6.45) is 3.43. The van der Waals surface area contributed by atoms with E-state index in [-0.39, 0.29) is 11.5 Å². The molecule has 1 aromatic heterocycles. The molecule has 1 atom stereocenters. The molecular formula is C27H29N3O5. The van der Waals surface area contributed by atoms with Crippen molar-refractivity contribution in [1.29, 1.82) is 0 Å². The van der Waals surface area contributed by atoms with Crippen molar-refractivity contribution in [2.24, 2.45) is 7.05 Å².